The SMILES string of the molecule is CC(C)NCCCC(=O)NC1(CO)CCCCC1. The van der Waals surface area contributed by atoms with Gasteiger partial charge in [0.15, 0.2) is 0 Å². The van der Waals surface area contributed by atoms with Crippen LogP contribution in [-0.4, -0.2) is 35.7 Å². The molecule has 18 heavy (non-hydrogen) atoms. The van der Waals surface area contributed by atoms with Crippen LogP contribution >= 0.6 is 0 Å². The molecule has 0 radical (unpaired) electrons. The first kappa shape index (κ1) is 15.4. The lowest BCUT2D eigenvalue weighted by Gasteiger charge is -2.36. The Labute approximate surface area is 111 Å². The van der Waals surface area contributed by atoms with Crippen molar-refractivity contribution in [2.45, 2.75) is 70.4 Å². The molecule has 0 atom stereocenters. The lowest BCUT2D eigenvalue weighted by Crippen LogP contribution is -2.52. The summed E-state index contributed by atoms with van der Waals surface area (Å²) in [6.07, 6.45) is 6.66. The van der Waals surface area contributed by atoms with Gasteiger partial charge in [-0.1, -0.05) is 33.1 Å². The maximum atomic E-state index is 11.9. The fourth-order valence-corrected chi connectivity index (χ4v) is 2.55. The summed E-state index contributed by atoms with van der Waals surface area (Å²) in [4.78, 5) is 11.9. The molecule has 0 heterocycles. The van der Waals surface area contributed by atoms with Crippen molar-refractivity contribution in [1.29, 1.82) is 0 Å². The average molecular weight is 256 g/mol. The molecule has 3 N–H and O–H groups in total. The summed E-state index contributed by atoms with van der Waals surface area (Å²) in [5.74, 6) is 0.0801. The van der Waals surface area contributed by atoms with E-state index in [4.69, 9.17) is 0 Å². The minimum absolute atomic E-state index is 0.0724. The van der Waals surface area contributed by atoms with E-state index in [1.54, 1.807) is 0 Å². The lowest BCUT2D eigenvalue weighted by molar-refractivity contribution is -0.124. The number of hydrogen-bond donors (Lipinski definition) is 3. The van der Waals surface area contributed by atoms with Gasteiger partial charge in [0.1, 0.15) is 0 Å². The molecule has 1 fully saturated rings. The maximum Gasteiger partial charge on any atom is 0.220 e. The number of hydrogen-bond acceptors (Lipinski definition) is 3. The molecule has 0 saturated heterocycles. The molecule has 0 aromatic heterocycles. The molecule has 4 heteroatoms. The van der Waals surface area contributed by atoms with E-state index in [1.807, 2.05) is 0 Å². The van der Waals surface area contributed by atoms with Gasteiger partial charge in [-0.3, -0.25) is 4.79 Å². The van der Waals surface area contributed by atoms with Crippen molar-refractivity contribution in [3.63, 3.8) is 0 Å². The number of amides is 1. The van der Waals surface area contributed by atoms with Crippen LogP contribution in [0, 0.1) is 0 Å². The normalized spacial score (nSPS) is 18.9. The van der Waals surface area contributed by atoms with Gasteiger partial charge in [-0.2, -0.15) is 0 Å². The molecule has 4 nitrogen and oxygen atoms in total. The quantitative estimate of drug-likeness (QED) is 0.606. The van der Waals surface area contributed by atoms with Crippen LogP contribution in [0.2, 0.25) is 0 Å². The molecule has 0 aromatic rings. The van der Waals surface area contributed by atoms with Gasteiger partial charge < -0.3 is 15.7 Å². The molecule has 1 aliphatic rings. The van der Waals surface area contributed by atoms with Crippen molar-refractivity contribution >= 4 is 5.91 Å². The van der Waals surface area contributed by atoms with Crippen LogP contribution in [0.5, 0.6) is 0 Å². The van der Waals surface area contributed by atoms with E-state index < -0.39 is 0 Å². The van der Waals surface area contributed by atoms with Crippen LogP contribution < -0.4 is 10.6 Å². The minimum Gasteiger partial charge on any atom is -0.394 e. The Kier molecular flexibility index (Phi) is 6.65. The van der Waals surface area contributed by atoms with Gasteiger partial charge in [-0.25, -0.2) is 0 Å². The second-order valence-corrected chi connectivity index (χ2v) is 5.76. The van der Waals surface area contributed by atoms with Crippen LogP contribution in [0.25, 0.3) is 0 Å². The van der Waals surface area contributed by atoms with Gasteiger partial charge in [-0.15, -0.1) is 0 Å². The third-order valence-electron chi connectivity index (χ3n) is 3.65. The highest BCUT2D eigenvalue weighted by molar-refractivity contribution is 5.76. The summed E-state index contributed by atoms with van der Waals surface area (Å²) in [5, 5.41) is 15.9. The number of carbonyl (C=O) groups is 1. The molecular formula is C14H28N2O2. The third kappa shape index (κ3) is 5.36. The zero-order valence-electron chi connectivity index (χ0n) is 11.8. The fourth-order valence-electron chi connectivity index (χ4n) is 2.55. The van der Waals surface area contributed by atoms with Gasteiger partial charge in [0.2, 0.25) is 5.91 Å². The Morgan fingerprint density at radius 1 is 1.28 bits per heavy atom. The van der Waals surface area contributed by atoms with Crippen LogP contribution in [0.15, 0.2) is 0 Å². The molecule has 0 bridgehead atoms. The van der Waals surface area contributed by atoms with Gasteiger partial charge >= 0.3 is 0 Å². The summed E-state index contributed by atoms with van der Waals surface area (Å²) < 4.78 is 0. The van der Waals surface area contributed by atoms with Crippen molar-refractivity contribution < 1.29 is 9.90 Å². The highest BCUT2D eigenvalue weighted by atomic mass is 16.3. The van der Waals surface area contributed by atoms with E-state index in [9.17, 15) is 9.90 Å². The maximum absolute atomic E-state index is 11.9. The standard InChI is InChI=1S/C14H28N2O2/c1-12(2)15-10-6-7-13(18)16-14(11-17)8-4-3-5-9-14/h12,15,17H,3-11H2,1-2H3,(H,16,18). The molecule has 1 aliphatic carbocycles. The predicted octanol–water partition coefficient (Wildman–Crippen LogP) is 1.58. The highest BCUT2D eigenvalue weighted by Gasteiger charge is 2.32. The van der Waals surface area contributed by atoms with Crippen molar-refractivity contribution in [3.05, 3.63) is 0 Å². The summed E-state index contributed by atoms with van der Waals surface area (Å²) >= 11 is 0. The van der Waals surface area contributed by atoms with Crippen LogP contribution in [0.4, 0.5) is 0 Å². The number of aliphatic hydroxyl groups excluding tert-OH is 1. The van der Waals surface area contributed by atoms with Crippen molar-refractivity contribution in [2.24, 2.45) is 0 Å². The smallest absolute Gasteiger partial charge is 0.220 e. The monoisotopic (exact) mass is 256 g/mol. The largest absolute Gasteiger partial charge is 0.394 e. The molecule has 106 valence electrons. The second kappa shape index (κ2) is 7.74. The summed E-state index contributed by atoms with van der Waals surface area (Å²) in [7, 11) is 0. The Morgan fingerprint density at radius 3 is 2.50 bits per heavy atom. The Hall–Kier alpha value is -0.610. The molecule has 1 saturated carbocycles. The van der Waals surface area contributed by atoms with Crippen molar-refractivity contribution in [2.75, 3.05) is 13.2 Å². The number of nitrogens with one attached hydrogen (secondary N) is 2. The molecule has 0 unspecified atom stereocenters. The van der Waals surface area contributed by atoms with Crippen LogP contribution in [0.1, 0.15) is 58.8 Å². The molecule has 0 spiro atoms. The van der Waals surface area contributed by atoms with E-state index >= 15 is 0 Å². The predicted molar refractivity (Wildman–Crippen MR) is 73.4 cm³/mol. The Morgan fingerprint density at radius 2 is 1.94 bits per heavy atom. The van der Waals surface area contributed by atoms with Crippen LogP contribution in [0.3, 0.4) is 0 Å². The van der Waals surface area contributed by atoms with E-state index in [1.165, 1.54) is 6.42 Å². The molecule has 0 aromatic carbocycles. The first-order valence-corrected chi connectivity index (χ1v) is 7.23. The fraction of sp³-hybridized carbons (Fsp3) is 0.929. The van der Waals surface area contributed by atoms with Crippen molar-refractivity contribution in [3.8, 4) is 0 Å². The molecule has 1 rings (SSSR count). The van der Waals surface area contributed by atoms with E-state index in [0.717, 1.165) is 38.6 Å². The number of rotatable bonds is 7. The van der Waals surface area contributed by atoms with Crippen LogP contribution in [-0.2, 0) is 4.79 Å². The minimum atomic E-state index is -0.333. The Balaban J connectivity index is 2.25. The van der Waals surface area contributed by atoms with Gasteiger partial charge in [0.25, 0.3) is 0 Å². The topological polar surface area (TPSA) is 61.4 Å². The zero-order valence-corrected chi connectivity index (χ0v) is 11.8. The number of carbonyl (C=O) groups excluding carboxylic acids is 1. The Bertz CT molecular complexity index is 248. The number of aliphatic hydroxyl groups is 1. The first-order valence-electron chi connectivity index (χ1n) is 7.23. The van der Waals surface area contributed by atoms with E-state index in [2.05, 4.69) is 24.5 Å². The molecule has 0 aliphatic heterocycles. The first-order chi connectivity index (χ1) is 8.58. The van der Waals surface area contributed by atoms with E-state index in [0.29, 0.717) is 12.5 Å². The summed E-state index contributed by atoms with van der Waals surface area (Å²) in [5.41, 5.74) is -0.333. The lowest BCUT2D eigenvalue weighted by atomic mass is 9.82. The average Bonchev–Trinajstić information content (AvgIpc) is 2.35. The van der Waals surface area contributed by atoms with Gasteiger partial charge in [-0.05, 0) is 25.8 Å². The second-order valence-electron chi connectivity index (χ2n) is 5.76. The molecule has 1 amide bonds. The molecular weight excluding hydrogens is 228 g/mol. The van der Waals surface area contributed by atoms with Crippen molar-refractivity contribution in [1.82, 2.24) is 10.6 Å². The zero-order chi connectivity index (χ0) is 13.4. The van der Waals surface area contributed by atoms with Gasteiger partial charge in [0.05, 0.1) is 12.1 Å². The van der Waals surface area contributed by atoms with Gasteiger partial charge in [0, 0.05) is 12.5 Å². The third-order valence-corrected chi connectivity index (χ3v) is 3.65. The summed E-state index contributed by atoms with van der Waals surface area (Å²) in [6, 6.07) is 0.468. The highest BCUT2D eigenvalue weighted by Crippen LogP contribution is 2.27. The van der Waals surface area contributed by atoms with E-state index in [-0.39, 0.29) is 18.1 Å². The summed E-state index contributed by atoms with van der Waals surface area (Å²) in [6.45, 7) is 5.14.